The van der Waals surface area contributed by atoms with Crippen molar-refractivity contribution in [1.29, 1.82) is 0 Å². The molecule has 0 fully saturated rings. The van der Waals surface area contributed by atoms with E-state index in [0.29, 0.717) is 0 Å². The van der Waals surface area contributed by atoms with Gasteiger partial charge in [-0.2, -0.15) is 13.2 Å². The maximum atomic E-state index is 12.5. The maximum Gasteiger partial charge on any atom is 0.416 e. The highest BCUT2D eigenvalue weighted by Gasteiger charge is 2.30. The lowest BCUT2D eigenvalue weighted by molar-refractivity contribution is -0.137. The number of rotatable bonds is 4. The highest BCUT2D eigenvalue weighted by molar-refractivity contribution is 5.47. The first-order chi connectivity index (χ1) is 9.90. The molecule has 0 saturated carbocycles. The molecule has 4 heteroatoms. The van der Waals surface area contributed by atoms with E-state index in [9.17, 15) is 13.2 Å². The van der Waals surface area contributed by atoms with E-state index in [4.69, 9.17) is 0 Å². The van der Waals surface area contributed by atoms with Gasteiger partial charge in [0.25, 0.3) is 0 Å². The topological polar surface area (TPSA) is 12.0 Å². The second-order valence-electron chi connectivity index (χ2n) is 5.04. The van der Waals surface area contributed by atoms with Gasteiger partial charge >= 0.3 is 6.18 Å². The van der Waals surface area contributed by atoms with Gasteiger partial charge < -0.3 is 5.32 Å². The number of hydrogen-bond acceptors (Lipinski definition) is 1. The molecule has 21 heavy (non-hydrogen) atoms. The van der Waals surface area contributed by atoms with Crippen LogP contribution in [0.2, 0.25) is 0 Å². The van der Waals surface area contributed by atoms with Crippen molar-refractivity contribution in [2.75, 3.05) is 5.32 Å². The van der Waals surface area contributed by atoms with Crippen LogP contribution in [0, 0.1) is 0 Å². The lowest BCUT2D eigenvalue weighted by Crippen LogP contribution is -2.09. The van der Waals surface area contributed by atoms with Gasteiger partial charge in [-0.05, 0) is 48.7 Å². The normalized spacial score (nSPS) is 13.0. The van der Waals surface area contributed by atoms with Crippen molar-refractivity contribution in [3.8, 4) is 0 Å². The molecule has 0 aromatic heterocycles. The minimum Gasteiger partial charge on any atom is -0.379 e. The van der Waals surface area contributed by atoms with Gasteiger partial charge in [-0.25, -0.2) is 0 Å². The third kappa shape index (κ3) is 4.00. The number of anilines is 1. The molecule has 112 valence electrons. The van der Waals surface area contributed by atoms with Crippen LogP contribution in [0.25, 0.3) is 0 Å². The Kier molecular flexibility index (Phi) is 4.56. The van der Waals surface area contributed by atoms with E-state index in [2.05, 4.69) is 18.3 Å². The van der Waals surface area contributed by atoms with Crippen LogP contribution < -0.4 is 5.32 Å². The fraction of sp³-hybridized carbons (Fsp3) is 0.294. The van der Waals surface area contributed by atoms with Gasteiger partial charge in [0.15, 0.2) is 0 Å². The second-order valence-corrected chi connectivity index (χ2v) is 5.04. The zero-order valence-electron chi connectivity index (χ0n) is 12.0. The van der Waals surface area contributed by atoms with Crippen LogP contribution in [-0.4, -0.2) is 0 Å². The van der Waals surface area contributed by atoms with Gasteiger partial charge in [-0.1, -0.05) is 31.2 Å². The summed E-state index contributed by atoms with van der Waals surface area (Å²) in [5.41, 5.74) is 2.40. The van der Waals surface area contributed by atoms with Crippen LogP contribution >= 0.6 is 0 Å². The van der Waals surface area contributed by atoms with Gasteiger partial charge in [-0.15, -0.1) is 0 Å². The summed E-state index contributed by atoms with van der Waals surface area (Å²) >= 11 is 0. The van der Waals surface area contributed by atoms with Crippen LogP contribution in [0.5, 0.6) is 0 Å². The molecule has 0 radical (unpaired) electrons. The van der Waals surface area contributed by atoms with Crippen molar-refractivity contribution in [2.45, 2.75) is 32.5 Å². The van der Waals surface area contributed by atoms with E-state index in [0.717, 1.165) is 29.8 Å². The number of hydrogen-bond donors (Lipinski definition) is 1. The Labute approximate surface area is 122 Å². The van der Waals surface area contributed by atoms with E-state index >= 15 is 0 Å². The van der Waals surface area contributed by atoms with Crippen LogP contribution in [0.15, 0.2) is 48.5 Å². The molecular formula is C17H18F3N. The zero-order valence-corrected chi connectivity index (χ0v) is 12.0. The van der Waals surface area contributed by atoms with Crippen LogP contribution in [0.1, 0.15) is 36.6 Å². The van der Waals surface area contributed by atoms with E-state index in [1.54, 1.807) is 0 Å². The summed E-state index contributed by atoms with van der Waals surface area (Å²) in [6, 6.07) is 13.3. The number of benzene rings is 2. The smallest absolute Gasteiger partial charge is 0.379 e. The Morgan fingerprint density at radius 3 is 2.29 bits per heavy atom. The summed E-state index contributed by atoms with van der Waals surface area (Å²) in [5, 5.41) is 3.31. The molecule has 2 rings (SSSR count). The second kappa shape index (κ2) is 6.20. The van der Waals surface area contributed by atoms with Crippen molar-refractivity contribution in [1.82, 2.24) is 0 Å². The predicted octanol–water partition coefficient (Wildman–Crippen LogP) is 5.44. The Morgan fingerprint density at radius 1 is 1.05 bits per heavy atom. The number of halogens is 3. The van der Waals surface area contributed by atoms with Gasteiger partial charge in [0, 0.05) is 11.7 Å². The summed E-state index contributed by atoms with van der Waals surface area (Å²) in [5.74, 6) is 0. The molecule has 0 spiro atoms. The van der Waals surface area contributed by atoms with Crippen molar-refractivity contribution >= 4 is 5.69 Å². The predicted molar refractivity (Wildman–Crippen MR) is 79.3 cm³/mol. The summed E-state index contributed by atoms with van der Waals surface area (Å²) in [6.07, 6.45) is -3.34. The summed E-state index contributed by atoms with van der Waals surface area (Å²) in [6.45, 7) is 4.01. The molecular weight excluding hydrogens is 275 g/mol. The first-order valence-electron chi connectivity index (χ1n) is 6.93. The minimum absolute atomic E-state index is 0.0561. The molecule has 0 aliphatic rings. The highest BCUT2D eigenvalue weighted by Crippen LogP contribution is 2.30. The van der Waals surface area contributed by atoms with Gasteiger partial charge in [0.2, 0.25) is 0 Å². The van der Waals surface area contributed by atoms with Crippen LogP contribution in [0.3, 0.4) is 0 Å². The fourth-order valence-corrected chi connectivity index (χ4v) is 2.18. The average Bonchev–Trinajstić information content (AvgIpc) is 2.46. The standard InChI is InChI=1S/C17H18F3N/c1-3-13-5-4-6-16(11-13)21-12(2)14-7-9-15(10-8-14)17(18,19)20/h4-12,21H,3H2,1-2H3. The Morgan fingerprint density at radius 2 is 1.71 bits per heavy atom. The van der Waals surface area contributed by atoms with Crippen LogP contribution in [-0.2, 0) is 12.6 Å². The first-order valence-corrected chi connectivity index (χ1v) is 6.93. The summed E-state index contributed by atoms with van der Waals surface area (Å²) < 4.78 is 37.6. The number of alkyl halides is 3. The van der Waals surface area contributed by atoms with Crippen molar-refractivity contribution < 1.29 is 13.2 Å². The molecule has 1 unspecified atom stereocenters. The first kappa shape index (κ1) is 15.4. The quantitative estimate of drug-likeness (QED) is 0.791. The largest absolute Gasteiger partial charge is 0.416 e. The highest BCUT2D eigenvalue weighted by atomic mass is 19.4. The average molecular weight is 293 g/mol. The lowest BCUT2D eigenvalue weighted by atomic mass is 10.0. The Bertz CT molecular complexity index is 588. The SMILES string of the molecule is CCc1cccc(NC(C)c2ccc(C(F)(F)F)cc2)c1. The zero-order chi connectivity index (χ0) is 15.5. The van der Waals surface area contributed by atoms with E-state index in [1.807, 2.05) is 25.1 Å². The molecule has 0 saturated heterocycles. The van der Waals surface area contributed by atoms with Crippen molar-refractivity contribution in [3.63, 3.8) is 0 Å². The van der Waals surface area contributed by atoms with Crippen LogP contribution in [0.4, 0.5) is 18.9 Å². The molecule has 1 N–H and O–H groups in total. The van der Waals surface area contributed by atoms with Gasteiger partial charge in [-0.3, -0.25) is 0 Å². The monoisotopic (exact) mass is 293 g/mol. The fourth-order valence-electron chi connectivity index (χ4n) is 2.18. The molecule has 0 aliphatic carbocycles. The molecule has 0 bridgehead atoms. The molecule has 1 atom stereocenters. The Hall–Kier alpha value is -1.97. The van der Waals surface area contributed by atoms with Gasteiger partial charge in [0.05, 0.1) is 5.56 Å². The minimum atomic E-state index is -4.29. The molecule has 2 aromatic carbocycles. The van der Waals surface area contributed by atoms with E-state index in [-0.39, 0.29) is 6.04 Å². The van der Waals surface area contributed by atoms with Crippen molar-refractivity contribution in [3.05, 3.63) is 65.2 Å². The third-order valence-electron chi connectivity index (χ3n) is 3.46. The summed E-state index contributed by atoms with van der Waals surface area (Å²) in [7, 11) is 0. The van der Waals surface area contributed by atoms with E-state index < -0.39 is 11.7 Å². The van der Waals surface area contributed by atoms with Gasteiger partial charge in [0.1, 0.15) is 0 Å². The summed E-state index contributed by atoms with van der Waals surface area (Å²) in [4.78, 5) is 0. The van der Waals surface area contributed by atoms with E-state index in [1.165, 1.54) is 17.7 Å². The molecule has 0 heterocycles. The third-order valence-corrected chi connectivity index (χ3v) is 3.46. The van der Waals surface area contributed by atoms with Crippen molar-refractivity contribution in [2.24, 2.45) is 0 Å². The molecule has 1 nitrogen and oxygen atoms in total. The molecule has 2 aromatic rings. The maximum absolute atomic E-state index is 12.5. The molecule has 0 aliphatic heterocycles. The number of nitrogens with one attached hydrogen (secondary N) is 1. The Balaban J connectivity index is 2.11. The molecule has 0 amide bonds. The lowest BCUT2D eigenvalue weighted by Gasteiger charge is -2.17. The number of aryl methyl sites for hydroxylation is 1.